The van der Waals surface area contributed by atoms with Crippen LogP contribution in [0.3, 0.4) is 0 Å². The van der Waals surface area contributed by atoms with E-state index in [0.717, 1.165) is 5.69 Å². The monoisotopic (exact) mass is 413 g/mol. The van der Waals surface area contributed by atoms with Crippen molar-refractivity contribution in [3.8, 4) is 11.8 Å². The van der Waals surface area contributed by atoms with Crippen molar-refractivity contribution in [2.24, 2.45) is 0 Å². The lowest BCUT2D eigenvalue weighted by atomic mass is 10.2. The predicted octanol–water partition coefficient (Wildman–Crippen LogP) is 3.08. The Hall–Kier alpha value is -4.25. The Bertz CT molecular complexity index is 1380. The van der Waals surface area contributed by atoms with E-state index in [9.17, 15) is 9.59 Å². The minimum absolute atomic E-state index is 0.187. The van der Waals surface area contributed by atoms with E-state index in [1.165, 1.54) is 4.57 Å². The van der Waals surface area contributed by atoms with Crippen LogP contribution in [0.15, 0.2) is 59.4 Å². The second kappa shape index (κ2) is 8.24. The van der Waals surface area contributed by atoms with E-state index in [1.807, 2.05) is 36.4 Å². The lowest BCUT2D eigenvalue weighted by Crippen LogP contribution is -2.26. The van der Waals surface area contributed by atoms with E-state index < -0.39 is 5.97 Å². The van der Waals surface area contributed by atoms with Gasteiger partial charge in [0, 0.05) is 0 Å². The first kappa shape index (κ1) is 20.0. The number of ether oxygens (including phenoxy) is 1. The maximum absolute atomic E-state index is 12.9. The molecule has 0 spiro atoms. The van der Waals surface area contributed by atoms with Gasteiger partial charge >= 0.3 is 5.97 Å². The van der Waals surface area contributed by atoms with Crippen LogP contribution in [0.4, 0.5) is 0 Å². The molecule has 0 aliphatic rings. The Morgan fingerprint density at radius 2 is 1.81 bits per heavy atom. The van der Waals surface area contributed by atoms with Crippen molar-refractivity contribution in [1.82, 2.24) is 19.3 Å². The molecule has 0 amide bonds. The first-order valence-electron chi connectivity index (χ1n) is 9.65. The molecule has 0 saturated heterocycles. The molecule has 0 atom stereocenters. The molecule has 8 heteroatoms. The first-order valence-corrected chi connectivity index (χ1v) is 9.65. The fourth-order valence-corrected chi connectivity index (χ4v) is 3.52. The number of rotatable bonds is 5. The van der Waals surface area contributed by atoms with Gasteiger partial charge < -0.3 is 4.74 Å². The molecule has 0 saturated carbocycles. The molecule has 0 N–H and O–H groups in total. The van der Waals surface area contributed by atoms with Gasteiger partial charge in [0.25, 0.3) is 5.56 Å². The number of hydrogen-bond donors (Lipinski definition) is 0. The number of aromatic nitrogens is 4. The van der Waals surface area contributed by atoms with Crippen molar-refractivity contribution < 1.29 is 9.53 Å². The number of carbonyl (C=O) groups is 1. The molecule has 0 aliphatic heterocycles. The minimum Gasteiger partial charge on any atom is -0.454 e. The fourth-order valence-electron chi connectivity index (χ4n) is 3.52. The molecule has 2 aromatic carbocycles. The second-order valence-corrected chi connectivity index (χ2v) is 6.96. The van der Waals surface area contributed by atoms with Crippen molar-refractivity contribution in [2.45, 2.75) is 27.0 Å². The third-order valence-electron chi connectivity index (χ3n) is 5.00. The molecular formula is C23H19N5O3. The Morgan fingerprint density at radius 1 is 1.10 bits per heavy atom. The van der Waals surface area contributed by atoms with Crippen molar-refractivity contribution in [3.05, 3.63) is 87.7 Å². The summed E-state index contributed by atoms with van der Waals surface area (Å²) in [5.74, 6) is -0.354. The number of aryl methyl sites for hydroxylation is 1. The molecule has 154 valence electrons. The van der Waals surface area contributed by atoms with Gasteiger partial charge in [-0.15, -0.1) is 0 Å². The molecule has 4 rings (SSSR count). The number of para-hydroxylation sites is 2. The zero-order valence-electron chi connectivity index (χ0n) is 17.1. The van der Waals surface area contributed by atoms with Gasteiger partial charge in [0.15, 0.2) is 5.82 Å². The SMILES string of the molecule is Cc1nn(-c2ccccc2)c(C)c1C(=O)OCc1nc2ccccc2c(=O)n1CC#N. The van der Waals surface area contributed by atoms with Crippen LogP contribution in [0.1, 0.15) is 27.6 Å². The van der Waals surface area contributed by atoms with E-state index in [1.54, 1.807) is 42.8 Å². The highest BCUT2D eigenvalue weighted by molar-refractivity contribution is 5.92. The van der Waals surface area contributed by atoms with Gasteiger partial charge in [-0.3, -0.25) is 9.36 Å². The molecular weight excluding hydrogens is 394 g/mol. The van der Waals surface area contributed by atoms with Gasteiger partial charge in [0.1, 0.15) is 18.7 Å². The molecule has 0 fully saturated rings. The van der Waals surface area contributed by atoms with Crippen LogP contribution in [0.2, 0.25) is 0 Å². The number of esters is 1. The van der Waals surface area contributed by atoms with Gasteiger partial charge in [0.2, 0.25) is 0 Å². The second-order valence-electron chi connectivity index (χ2n) is 6.96. The van der Waals surface area contributed by atoms with E-state index >= 15 is 0 Å². The summed E-state index contributed by atoms with van der Waals surface area (Å²) in [6, 6.07) is 18.3. The standard InChI is InChI=1S/C23H19N5O3/c1-15-21(16(2)28(26-15)17-8-4-3-5-9-17)23(30)31-14-20-25-19-11-7-6-10-18(19)22(29)27(20)13-12-24/h3-11H,13-14H2,1-2H3. The molecule has 0 radical (unpaired) electrons. The number of nitriles is 1. The number of fused-ring (bicyclic) bond motifs is 1. The van der Waals surface area contributed by atoms with Crippen LogP contribution in [-0.2, 0) is 17.9 Å². The van der Waals surface area contributed by atoms with Crippen molar-refractivity contribution in [3.63, 3.8) is 0 Å². The number of hydrogen-bond acceptors (Lipinski definition) is 6. The normalized spacial score (nSPS) is 10.7. The summed E-state index contributed by atoms with van der Waals surface area (Å²) in [6.07, 6.45) is 0. The summed E-state index contributed by atoms with van der Waals surface area (Å²) < 4.78 is 8.40. The lowest BCUT2D eigenvalue weighted by molar-refractivity contribution is 0.0455. The van der Waals surface area contributed by atoms with Gasteiger partial charge in [-0.2, -0.15) is 10.4 Å². The molecule has 2 heterocycles. The topological polar surface area (TPSA) is 103 Å². The highest BCUT2D eigenvalue weighted by atomic mass is 16.5. The number of benzene rings is 2. The molecule has 2 aromatic heterocycles. The average molecular weight is 413 g/mol. The Kier molecular flexibility index (Phi) is 5.33. The highest BCUT2D eigenvalue weighted by Crippen LogP contribution is 2.19. The lowest BCUT2D eigenvalue weighted by Gasteiger charge is -2.11. The maximum Gasteiger partial charge on any atom is 0.342 e. The smallest absolute Gasteiger partial charge is 0.342 e. The Balaban J connectivity index is 1.65. The largest absolute Gasteiger partial charge is 0.454 e. The molecule has 0 aliphatic carbocycles. The molecule has 8 nitrogen and oxygen atoms in total. The van der Waals surface area contributed by atoms with Crippen molar-refractivity contribution in [1.29, 1.82) is 5.26 Å². The molecule has 31 heavy (non-hydrogen) atoms. The van der Waals surface area contributed by atoms with E-state index in [-0.39, 0.29) is 24.5 Å². The van der Waals surface area contributed by atoms with Gasteiger partial charge in [-0.25, -0.2) is 14.5 Å². The summed E-state index contributed by atoms with van der Waals surface area (Å²) >= 11 is 0. The van der Waals surface area contributed by atoms with E-state index in [2.05, 4.69) is 10.1 Å². The van der Waals surface area contributed by atoms with Crippen molar-refractivity contribution in [2.75, 3.05) is 0 Å². The molecule has 4 aromatic rings. The van der Waals surface area contributed by atoms with E-state index in [0.29, 0.717) is 27.9 Å². The van der Waals surface area contributed by atoms with Gasteiger partial charge in [-0.05, 0) is 38.1 Å². The third kappa shape index (κ3) is 3.69. The zero-order chi connectivity index (χ0) is 22.0. The highest BCUT2D eigenvalue weighted by Gasteiger charge is 2.22. The number of nitrogens with zero attached hydrogens (tertiary/aromatic N) is 5. The summed E-state index contributed by atoms with van der Waals surface area (Å²) in [5, 5.41) is 14.0. The minimum atomic E-state index is -0.567. The first-order chi connectivity index (χ1) is 15.0. The summed E-state index contributed by atoms with van der Waals surface area (Å²) in [7, 11) is 0. The summed E-state index contributed by atoms with van der Waals surface area (Å²) in [6.45, 7) is 3.11. The Morgan fingerprint density at radius 3 is 2.55 bits per heavy atom. The van der Waals surface area contributed by atoms with Crippen LogP contribution in [0.5, 0.6) is 0 Å². The van der Waals surface area contributed by atoms with Crippen LogP contribution in [0, 0.1) is 25.2 Å². The van der Waals surface area contributed by atoms with Crippen LogP contribution < -0.4 is 5.56 Å². The molecule has 0 bridgehead atoms. The quantitative estimate of drug-likeness (QED) is 0.466. The summed E-state index contributed by atoms with van der Waals surface area (Å²) in [5.41, 5.74) is 2.52. The predicted molar refractivity (Wildman–Crippen MR) is 114 cm³/mol. The maximum atomic E-state index is 12.9. The zero-order valence-corrected chi connectivity index (χ0v) is 17.1. The Labute approximate surface area is 178 Å². The summed E-state index contributed by atoms with van der Waals surface area (Å²) in [4.78, 5) is 30.0. The van der Waals surface area contributed by atoms with E-state index in [4.69, 9.17) is 10.00 Å². The van der Waals surface area contributed by atoms with Crippen LogP contribution in [0.25, 0.3) is 16.6 Å². The van der Waals surface area contributed by atoms with Gasteiger partial charge in [0.05, 0.1) is 34.0 Å². The number of carbonyl (C=O) groups excluding carboxylic acids is 1. The third-order valence-corrected chi connectivity index (χ3v) is 5.00. The van der Waals surface area contributed by atoms with Crippen LogP contribution in [-0.4, -0.2) is 25.3 Å². The van der Waals surface area contributed by atoms with Gasteiger partial charge in [-0.1, -0.05) is 30.3 Å². The average Bonchev–Trinajstić information content (AvgIpc) is 3.09. The fraction of sp³-hybridized carbons (Fsp3) is 0.174. The molecule has 0 unspecified atom stereocenters. The van der Waals surface area contributed by atoms with Crippen molar-refractivity contribution >= 4 is 16.9 Å². The van der Waals surface area contributed by atoms with Crippen LogP contribution >= 0.6 is 0 Å².